The van der Waals surface area contributed by atoms with E-state index in [1.54, 1.807) is 18.3 Å². The molecule has 0 fully saturated rings. The van der Waals surface area contributed by atoms with Gasteiger partial charge in [-0.05, 0) is 49.7 Å². The monoisotopic (exact) mass is 339 g/mol. The van der Waals surface area contributed by atoms with E-state index < -0.39 is 10.0 Å². The minimum absolute atomic E-state index is 0.139. The van der Waals surface area contributed by atoms with E-state index in [2.05, 4.69) is 28.9 Å². The lowest BCUT2D eigenvalue weighted by atomic mass is 10.2. The van der Waals surface area contributed by atoms with Crippen molar-refractivity contribution in [3.63, 3.8) is 0 Å². The Balaban J connectivity index is 2.11. The van der Waals surface area contributed by atoms with Crippen molar-refractivity contribution in [3.05, 3.63) is 47.6 Å². The van der Waals surface area contributed by atoms with Crippen molar-refractivity contribution in [1.82, 2.24) is 4.98 Å². The maximum atomic E-state index is 12.2. The van der Waals surface area contributed by atoms with E-state index >= 15 is 0 Å². The van der Waals surface area contributed by atoms with Crippen molar-refractivity contribution < 1.29 is 8.42 Å². The molecule has 118 valence electrons. The van der Waals surface area contributed by atoms with Crippen LogP contribution in [0, 0.1) is 0 Å². The van der Waals surface area contributed by atoms with Crippen LogP contribution in [0.15, 0.2) is 47.5 Å². The van der Waals surface area contributed by atoms with Gasteiger partial charge in [0.15, 0.2) is 0 Å². The summed E-state index contributed by atoms with van der Waals surface area (Å²) in [5.41, 5.74) is 0.851. The number of sulfonamides is 1. The lowest BCUT2D eigenvalue weighted by Gasteiger charge is -2.13. The van der Waals surface area contributed by atoms with Gasteiger partial charge < -0.3 is 5.32 Å². The molecule has 1 atom stereocenters. The Morgan fingerprint density at radius 1 is 1.18 bits per heavy atom. The Bertz CT molecular complexity index is 715. The molecule has 0 aliphatic heterocycles. The first-order valence-corrected chi connectivity index (χ1v) is 8.78. The molecule has 22 heavy (non-hydrogen) atoms. The normalized spacial score (nSPS) is 12.7. The number of hydrogen-bond acceptors (Lipinski definition) is 4. The number of nitrogens with zero attached hydrogens (tertiary/aromatic N) is 1. The molecule has 1 heterocycles. The minimum Gasteiger partial charge on any atom is -0.381 e. The second-order valence-corrected chi connectivity index (χ2v) is 7.06. The molecule has 1 unspecified atom stereocenters. The highest BCUT2D eigenvalue weighted by atomic mass is 35.5. The number of rotatable bonds is 6. The summed E-state index contributed by atoms with van der Waals surface area (Å²) in [6, 6.07) is 9.70. The van der Waals surface area contributed by atoms with Crippen molar-refractivity contribution in [3.8, 4) is 0 Å². The summed E-state index contributed by atoms with van der Waals surface area (Å²) in [5.74, 6) is 0.268. The highest BCUT2D eigenvalue weighted by Crippen LogP contribution is 2.18. The van der Waals surface area contributed by atoms with Crippen LogP contribution in [0.25, 0.3) is 0 Å². The van der Waals surface area contributed by atoms with Crippen LogP contribution in [0.1, 0.15) is 20.3 Å². The topological polar surface area (TPSA) is 71.1 Å². The maximum absolute atomic E-state index is 12.2. The smallest absolute Gasteiger partial charge is 0.263 e. The van der Waals surface area contributed by atoms with Gasteiger partial charge in [0.25, 0.3) is 10.0 Å². The number of nitrogens with one attached hydrogen (secondary N) is 2. The van der Waals surface area contributed by atoms with Gasteiger partial charge in [-0.15, -0.1) is 0 Å². The van der Waals surface area contributed by atoms with Crippen LogP contribution in [-0.2, 0) is 10.0 Å². The first-order valence-electron chi connectivity index (χ1n) is 6.91. The molecule has 0 saturated heterocycles. The quantitative estimate of drug-likeness (QED) is 0.840. The first kappa shape index (κ1) is 16.6. The van der Waals surface area contributed by atoms with Gasteiger partial charge in [0.1, 0.15) is 5.82 Å². The Labute approximate surface area is 135 Å². The van der Waals surface area contributed by atoms with Crippen molar-refractivity contribution in [2.75, 3.05) is 10.0 Å². The number of pyridine rings is 1. The van der Waals surface area contributed by atoms with E-state index in [1.807, 2.05) is 0 Å². The summed E-state index contributed by atoms with van der Waals surface area (Å²) in [6.45, 7) is 4.15. The van der Waals surface area contributed by atoms with E-state index in [0.29, 0.717) is 11.1 Å². The Hall–Kier alpha value is -1.79. The molecule has 2 rings (SSSR count). The standard InChI is InChI=1S/C15H18ClN3O2S/c1-3-11(2)18-13-6-9-15(17-10-13)19-22(20,21)14-7-4-12(16)5-8-14/h4-11,18H,3H2,1-2H3,(H,17,19). The van der Waals surface area contributed by atoms with E-state index in [0.717, 1.165) is 12.1 Å². The lowest BCUT2D eigenvalue weighted by molar-refractivity contribution is 0.601. The van der Waals surface area contributed by atoms with Gasteiger partial charge in [0, 0.05) is 11.1 Å². The molecule has 0 spiro atoms. The summed E-state index contributed by atoms with van der Waals surface area (Å²) in [5, 5.41) is 3.75. The second-order valence-electron chi connectivity index (χ2n) is 4.95. The van der Waals surface area contributed by atoms with Gasteiger partial charge in [-0.25, -0.2) is 13.4 Å². The highest BCUT2D eigenvalue weighted by molar-refractivity contribution is 7.92. The number of hydrogen-bond donors (Lipinski definition) is 2. The molecule has 2 aromatic rings. The molecule has 0 bridgehead atoms. The zero-order chi connectivity index (χ0) is 16.2. The average Bonchev–Trinajstić information content (AvgIpc) is 2.49. The summed E-state index contributed by atoms with van der Waals surface area (Å²) in [4.78, 5) is 4.25. The van der Waals surface area contributed by atoms with Crippen molar-refractivity contribution in [2.24, 2.45) is 0 Å². The van der Waals surface area contributed by atoms with Gasteiger partial charge >= 0.3 is 0 Å². The molecular weight excluding hydrogens is 322 g/mol. The lowest BCUT2D eigenvalue weighted by Crippen LogP contribution is -2.15. The van der Waals surface area contributed by atoms with Gasteiger partial charge in [0.2, 0.25) is 0 Å². The summed E-state index contributed by atoms with van der Waals surface area (Å²) in [6.07, 6.45) is 2.59. The molecule has 7 heteroatoms. The third-order valence-electron chi connectivity index (χ3n) is 3.15. The molecule has 0 amide bonds. The fourth-order valence-electron chi connectivity index (χ4n) is 1.74. The van der Waals surface area contributed by atoms with E-state index in [1.165, 1.54) is 24.3 Å². The first-order chi connectivity index (χ1) is 10.4. The Morgan fingerprint density at radius 2 is 1.86 bits per heavy atom. The summed E-state index contributed by atoms with van der Waals surface area (Å²) < 4.78 is 26.9. The average molecular weight is 340 g/mol. The molecule has 2 N–H and O–H groups in total. The number of aromatic nitrogens is 1. The van der Waals surface area contributed by atoms with Gasteiger partial charge in [-0.1, -0.05) is 18.5 Å². The largest absolute Gasteiger partial charge is 0.381 e. The Kier molecular flexibility index (Phi) is 5.26. The highest BCUT2D eigenvalue weighted by Gasteiger charge is 2.14. The third kappa shape index (κ3) is 4.35. The van der Waals surface area contributed by atoms with Crippen LogP contribution in [0.5, 0.6) is 0 Å². The Morgan fingerprint density at radius 3 is 2.41 bits per heavy atom. The molecule has 0 aliphatic carbocycles. The van der Waals surface area contributed by atoms with Crippen LogP contribution in [-0.4, -0.2) is 19.4 Å². The third-order valence-corrected chi connectivity index (χ3v) is 4.77. The zero-order valence-corrected chi connectivity index (χ0v) is 13.9. The molecule has 1 aromatic heterocycles. The molecule has 5 nitrogen and oxygen atoms in total. The SMILES string of the molecule is CCC(C)Nc1ccc(NS(=O)(=O)c2ccc(Cl)cc2)nc1. The van der Waals surface area contributed by atoms with E-state index in [4.69, 9.17) is 11.6 Å². The van der Waals surface area contributed by atoms with Crippen molar-refractivity contribution in [2.45, 2.75) is 31.2 Å². The number of benzene rings is 1. The van der Waals surface area contributed by atoms with Crippen LogP contribution >= 0.6 is 11.6 Å². The minimum atomic E-state index is -3.66. The summed E-state index contributed by atoms with van der Waals surface area (Å²) in [7, 11) is -3.66. The van der Waals surface area contributed by atoms with Gasteiger partial charge in [-0.3, -0.25) is 4.72 Å². The van der Waals surface area contributed by atoms with Crippen LogP contribution in [0.4, 0.5) is 11.5 Å². The van der Waals surface area contributed by atoms with Gasteiger partial charge in [-0.2, -0.15) is 0 Å². The van der Waals surface area contributed by atoms with E-state index in [9.17, 15) is 8.42 Å². The van der Waals surface area contributed by atoms with Crippen molar-refractivity contribution in [1.29, 1.82) is 0 Å². The fourth-order valence-corrected chi connectivity index (χ4v) is 2.87. The fraction of sp³-hybridized carbons (Fsp3) is 0.267. The molecule has 0 aliphatic rings. The van der Waals surface area contributed by atoms with E-state index in [-0.39, 0.29) is 10.7 Å². The summed E-state index contributed by atoms with van der Waals surface area (Å²) >= 11 is 5.76. The molecule has 0 radical (unpaired) electrons. The molecular formula is C15H18ClN3O2S. The number of halogens is 1. The maximum Gasteiger partial charge on any atom is 0.263 e. The molecule has 0 saturated carbocycles. The van der Waals surface area contributed by atoms with Crippen LogP contribution in [0.2, 0.25) is 5.02 Å². The predicted octanol–water partition coefficient (Wildman–Crippen LogP) is 3.75. The predicted molar refractivity (Wildman–Crippen MR) is 89.9 cm³/mol. The molecule has 1 aromatic carbocycles. The van der Waals surface area contributed by atoms with Crippen molar-refractivity contribution >= 4 is 33.1 Å². The second kappa shape index (κ2) is 6.98. The number of anilines is 2. The van der Waals surface area contributed by atoms with Crippen LogP contribution in [0.3, 0.4) is 0 Å². The zero-order valence-electron chi connectivity index (χ0n) is 12.4. The van der Waals surface area contributed by atoms with Gasteiger partial charge in [0.05, 0.1) is 16.8 Å². The van der Waals surface area contributed by atoms with Crippen LogP contribution < -0.4 is 10.0 Å².